The molecule has 27 heavy (non-hydrogen) atoms. The van der Waals surface area contributed by atoms with Gasteiger partial charge < -0.3 is 4.74 Å². The van der Waals surface area contributed by atoms with Crippen molar-refractivity contribution in [3.8, 4) is 11.5 Å². The molecular formula is C22H23NO3S. The fraction of sp³-hybridized carbons (Fsp3) is 0.182. The molecule has 0 fully saturated rings. The molecule has 5 heteroatoms. The number of nitrogens with one attached hydrogen (secondary N) is 1. The maximum atomic E-state index is 12.7. The molecule has 0 bridgehead atoms. The normalized spacial score (nSPS) is 12.6. The van der Waals surface area contributed by atoms with Crippen LogP contribution in [-0.4, -0.2) is 8.42 Å². The van der Waals surface area contributed by atoms with Crippen molar-refractivity contribution in [2.24, 2.45) is 0 Å². The van der Waals surface area contributed by atoms with Gasteiger partial charge in [-0.25, -0.2) is 13.1 Å². The minimum atomic E-state index is -3.63. The third kappa shape index (κ3) is 4.76. The summed E-state index contributed by atoms with van der Waals surface area (Å²) in [5.41, 5.74) is 3.13. The Morgan fingerprint density at radius 2 is 1.48 bits per heavy atom. The van der Waals surface area contributed by atoms with Gasteiger partial charge in [-0.05, 0) is 68.3 Å². The van der Waals surface area contributed by atoms with E-state index < -0.39 is 10.0 Å². The van der Waals surface area contributed by atoms with E-state index in [-0.39, 0.29) is 10.9 Å². The second kappa shape index (κ2) is 7.94. The summed E-state index contributed by atoms with van der Waals surface area (Å²) in [6, 6.07) is 21.5. The SMILES string of the molecule is Cc1ccc(C)c([C@@H](C)NS(=O)(=O)c2ccc(Oc3ccccc3)cc2)c1. The Hall–Kier alpha value is -2.63. The molecule has 0 amide bonds. The monoisotopic (exact) mass is 381 g/mol. The Kier molecular flexibility index (Phi) is 5.63. The lowest BCUT2D eigenvalue weighted by Crippen LogP contribution is -2.27. The Morgan fingerprint density at radius 1 is 0.852 bits per heavy atom. The second-order valence-electron chi connectivity index (χ2n) is 6.59. The first-order valence-corrected chi connectivity index (χ1v) is 10.3. The Bertz CT molecular complexity index is 1010. The molecule has 0 aromatic heterocycles. The van der Waals surface area contributed by atoms with Gasteiger partial charge in [-0.15, -0.1) is 0 Å². The number of aryl methyl sites for hydroxylation is 2. The van der Waals surface area contributed by atoms with E-state index in [1.54, 1.807) is 24.3 Å². The van der Waals surface area contributed by atoms with E-state index in [9.17, 15) is 8.42 Å². The van der Waals surface area contributed by atoms with Crippen LogP contribution in [0.5, 0.6) is 11.5 Å². The quantitative estimate of drug-likeness (QED) is 0.643. The molecule has 0 heterocycles. The van der Waals surface area contributed by atoms with Gasteiger partial charge in [-0.3, -0.25) is 0 Å². The molecule has 1 atom stereocenters. The highest BCUT2D eigenvalue weighted by Crippen LogP contribution is 2.24. The summed E-state index contributed by atoms with van der Waals surface area (Å²) in [4.78, 5) is 0.208. The summed E-state index contributed by atoms with van der Waals surface area (Å²) in [6.07, 6.45) is 0. The molecule has 3 aromatic carbocycles. The van der Waals surface area contributed by atoms with Crippen LogP contribution in [0.1, 0.15) is 29.7 Å². The highest BCUT2D eigenvalue weighted by atomic mass is 32.2. The largest absolute Gasteiger partial charge is 0.457 e. The van der Waals surface area contributed by atoms with Crippen molar-refractivity contribution in [2.45, 2.75) is 31.7 Å². The first-order valence-electron chi connectivity index (χ1n) is 8.77. The van der Waals surface area contributed by atoms with Crippen LogP contribution < -0.4 is 9.46 Å². The molecule has 0 aliphatic carbocycles. The first kappa shape index (κ1) is 19.1. The molecule has 0 spiro atoms. The lowest BCUT2D eigenvalue weighted by Gasteiger charge is -2.17. The van der Waals surface area contributed by atoms with Crippen molar-refractivity contribution in [3.05, 3.63) is 89.5 Å². The summed E-state index contributed by atoms with van der Waals surface area (Å²) in [7, 11) is -3.63. The van der Waals surface area contributed by atoms with Gasteiger partial charge in [0.15, 0.2) is 0 Å². The summed E-state index contributed by atoms with van der Waals surface area (Å²) in [5, 5.41) is 0. The van der Waals surface area contributed by atoms with Gasteiger partial charge >= 0.3 is 0 Å². The van der Waals surface area contributed by atoms with Crippen molar-refractivity contribution < 1.29 is 13.2 Å². The van der Waals surface area contributed by atoms with Gasteiger partial charge in [0.05, 0.1) is 4.90 Å². The van der Waals surface area contributed by atoms with Crippen molar-refractivity contribution in [2.75, 3.05) is 0 Å². The number of hydrogen-bond donors (Lipinski definition) is 1. The topological polar surface area (TPSA) is 55.4 Å². The summed E-state index contributed by atoms with van der Waals surface area (Å²) in [5.74, 6) is 1.29. The van der Waals surface area contributed by atoms with Crippen LogP contribution in [0.2, 0.25) is 0 Å². The van der Waals surface area contributed by atoms with Gasteiger partial charge in [0.25, 0.3) is 0 Å². The zero-order chi connectivity index (χ0) is 19.4. The zero-order valence-corrected chi connectivity index (χ0v) is 16.5. The van der Waals surface area contributed by atoms with E-state index in [0.717, 1.165) is 16.7 Å². The summed E-state index contributed by atoms with van der Waals surface area (Å²) < 4.78 is 33.9. The molecule has 0 saturated heterocycles. The average molecular weight is 381 g/mol. The average Bonchev–Trinajstić information content (AvgIpc) is 2.64. The number of ether oxygens (including phenoxy) is 1. The van der Waals surface area contributed by atoms with E-state index in [1.165, 1.54) is 0 Å². The van der Waals surface area contributed by atoms with Crippen molar-refractivity contribution in [1.29, 1.82) is 0 Å². The third-order valence-corrected chi connectivity index (χ3v) is 5.90. The van der Waals surface area contributed by atoms with Crippen LogP contribution >= 0.6 is 0 Å². The number of hydrogen-bond acceptors (Lipinski definition) is 3. The molecule has 3 rings (SSSR count). The predicted octanol–water partition coefficient (Wildman–Crippen LogP) is 5.14. The molecule has 0 aliphatic rings. The maximum Gasteiger partial charge on any atom is 0.241 e. The third-order valence-electron chi connectivity index (χ3n) is 4.35. The van der Waals surface area contributed by atoms with Crippen LogP contribution in [0.4, 0.5) is 0 Å². The van der Waals surface area contributed by atoms with E-state index >= 15 is 0 Å². The van der Waals surface area contributed by atoms with Gasteiger partial charge in [-0.2, -0.15) is 0 Å². The fourth-order valence-electron chi connectivity index (χ4n) is 2.90. The lowest BCUT2D eigenvalue weighted by molar-refractivity contribution is 0.482. The number of sulfonamides is 1. The highest BCUT2D eigenvalue weighted by Gasteiger charge is 2.19. The number of rotatable bonds is 6. The van der Waals surface area contributed by atoms with Gasteiger partial charge in [0.2, 0.25) is 10.0 Å². The summed E-state index contributed by atoms with van der Waals surface area (Å²) >= 11 is 0. The molecule has 0 unspecified atom stereocenters. The first-order chi connectivity index (χ1) is 12.8. The minimum Gasteiger partial charge on any atom is -0.457 e. The van der Waals surface area contributed by atoms with Crippen LogP contribution in [-0.2, 0) is 10.0 Å². The Morgan fingerprint density at radius 3 is 2.15 bits per heavy atom. The second-order valence-corrected chi connectivity index (χ2v) is 8.30. The molecule has 0 aliphatic heterocycles. The van der Waals surface area contributed by atoms with Crippen LogP contribution in [0.25, 0.3) is 0 Å². The smallest absolute Gasteiger partial charge is 0.241 e. The fourth-order valence-corrected chi connectivity index (χ4v) is 4.13. The predicted molar refractivity (Wildman–Crippen MR) is 108 cm³/mol. The van der Waals surface area contributed by atoms with Crippen LogP contribution in [0.3, 0.4) is 0 Å². The lowest BCUT2D eigenvalue weighted by atomic mass is 10.0. The molecule has 140 valence electrons. The zero-order valence-electron chi connectivity index (χ0n) is 15.6. The van der Waals surface area contributed by atoms with Gasteiger partial charge in [0.1, 0.15) is 11.5 Å². The summed E-state index contributed by atoms with van der Waals surface area (Å²) in [6.45, 7) is 5.83. The van der Waals surface area contributed by atoms with E-state index in [1.807, 2.05) is 69.3 Å². The van der Waals surface area contributed by atoms with E-state index in [2.05, 4.69) is 4.72 Å². The molecule has 0 saturated carbocycles. The standard InChI is InChI=1S/C22H23NO3S/c1-16-9-10-17(2)22(15-16)18(3)23-27(24,25)21-13-11-20(12-14-21)26-19-7-5-4-6-8-19/h4-15,18,23H,1-3H3/t18-/m1/s1. The highest BCUT2D eigenvalue weighted by molar-refractivity contribution is 7.89. The van der Waals surface area contributed by atoms with Gasteiger partial charge in [-0.1, -0.05) is 42.0 Å². The number of benzene rings is 3. The van der Waals surface area contributed by atoms with Crippen molar-refractivity contribution in [3.63, 3.8) is 0 Å². The Balaban J connectivity index is 1.75. The van der Waals surface area contributed by atoms with Crippen molar-refractivity contribution >= 4 is 10.0 Å². The Labute approximate surface area is 160 Å². The van der Waals surface area contributed by atoms with Gasteiger partial charge in [0, 0.05) is 6.04 Å². The van der Waals surface area contributed by atoms with Crippen molar-refractivity contribution in [1.82, 2.24) is 4.72 Å². The maximum absolute atomic E-state index is 12.7. The molecular weight excluding hydrogens is 358 g/mol. The van der Waals surface area contributed by atoms with Crippen LogP contribution in [0, 0.1) is 13.8 Å². The number of para-hydroxylation sites is 1. The van der Waals surface area contributed by atoms with E-state index in [0.29, 0.717) is 11.5 Å². The molecule has 1 N–H and O–H groups in total. The van der Waals surface area contributed by atoms with E-state index in [4.69, 9.17) is 4.74 Å². The minimum absolute atomic E-state index is 0.208. The van der Waals surface area contributed by atoms with Crippen LogP contribution in [0.15, 0.2) is 77.7 Å². The molecule has 3 aromatic rings. The molecule has 0 radical (unpaired) electrons. The molecule has 4 nitrogen and oxygen atoms in total.